The van der Waals surface area contributed by atoms with Gasteiger partial charge in [0.15, 0.2) is 0 Å². The molecule has 0 unspecified atom stereocenters. The van der Waals surface area contributed by atoms with Crippen molar-refractivity contribution < 1.29 is 18.8 Å². The Balaban J connectivity index is 2.33. The van der Waals surface area contributed by atoms with Crippen LogP contribution in [0.5, 0.6) is 0 Å². The first-order chi connectivity index (χ1) is 13.4. The van der Waals surface area contributed by atoms with E-state index in [0.717, 1.165) is 18.2 Å². The molecule has 3 rings (SSSR count). The Hall–Kier alpha value is -3.39. The van der Waals surface area contributed by atoms with E-state index in [1.165, 1.54) is 22.2 Å². The Labute approximate surface area is 158 Å². The van der Waals surface area contributed by atoms with E-state index >= 15 is 0 Å². The van der Waals surface area contributed by atoms with Crippen LogP contribution in [0, 0.1) is 18.6 Å². The minimum Gasteiger partial charge on any atom is -0.288 e. The van der Waals surface area contributed by atoms with Crippen LogP contribution in [0.1, 0.15) is 23.9 Å². The number of fused-ring (bicyclic) bond motifs is 1. The molecule has 0 aliphatic rings. The van der Waals surface area contributed by atoms with Crippen molar-refractivity contribution in [2.24, 2.45) is 0 Å². The summed E-state index contributed by atoms with van der Waals surface area (Å²) in [5, 5.41) is 8.60. The highest BCUT2D eigenvalue weighted by molar-refractivity contribution is 5.91. The fourth-order valence-corrected chi connectivity index (χ4v) is 2.97. The molecule has 6 nitrogen and oxygen atoms in total. The fourth-order valence-electron chi connectivity index (χ4n) is 2.97. The van der Waals surface area contributed by atoms with Crippen molar-refractivity contribution >= 4 is 22.9 Å². The minimum absolute atomic E-state index is 0.0453. The molecule has 8 heteroatoms. The SMILES string of the molecule is CCc1nc2cc(F)c(/C=C/C(=O)NO)cc2c(=O)n1-c1c(C)cccc1F. The smallest absolute Gasteiger partial charge is 0.267 e. The highest BCUT2D eigenvalue weighted by Crippen LogP contribution is 2.22. The topological polar surface area (TPSA) is 84.2 Å². The maximum Gasteiger partial charge on any atom is 0.267 e. The summed E-state index contributed by atoms with van der Waals surface area (Å²) >= 11 is 0. The number of carbonyl (C=O) groups is 1. The standard InChI is InChI=1S/C20H17F2N3O3/c1-3-17-23-16-10-15(22)12(7-8-18(26)24-28)9-13(16)20(27)25(17)19-11(2)5-4-6-14(19)21/h4-10,28H,3H2,1-2H3,(H,24,26)/b8-7+. The highest BCUT2D eigenvalue weighted by Gasteiger charge is 2.18. The number of aryl methyl sites for hydroxylation is 2. The molecule has 1 amide bonds. The van der Waals surface area contributed by atoms with Crippen LogP contribution in [0.15, 0.2) is 41.2 Å². The second-order valence-electron chi connectivity index (χ2n) is 6.13. The van der Waals surface area contributed by atoms with Crippen molar-refractivity contribution in [3.8, 4) is 5.69 Å². The average Bonchev–Trinajstić information content (AvgIpc) is 2.67. The van der Waals surface area contributed by atoms with Gasteiger partial charge >= 0.3 is 0 Å². The Bertz CT molecular complexity index is 1150. The van der Waals surface area contributed by atoms with Gasteiger partial charge in [0.25, 0.3) is 11.5 Å². The molecule has 0 saturated carbocycles. The predicted molar refractivity (Wildman–Crippen MR) is 100 cm³/mol. The monoisotopic (exact) mass is 385 g/mol. The molecular weight excluding hydrogens is 368 g/mol. The average molecular weight is 385 g/mol. The van der Waals surface area contributed by atoms with Crippen LogP contribution < -0.4 is 11.0 Å². The van der Waals surface area contributed by atoms with E-state index in [9.17, 15) is 18.4 Å². The van der Waals surface area contributed by atoms with E-state index < -0.39 is 23.1 Å². The number of rotatable bonds is 4. The lowest BCUT2D eigenvalue weighted by atomic mass is 10.1. The van der Waals surface area contributed by atoms with Crippen molar-refractivity contribution in [2.45, 2.75) is 20.3 Å². The second kappa shape index (κ2) is 7.69. The van der Waals surface area contributed by atoms with Gasteiger partial charge in [-0.1, -0.05) is 19.1 Å². The zero-order valence-corrected chi connectivity index (χ0v) is 15.2. The first-order valence-electron chi connectivity index (χ1n) is 8.50. The van der Waals surface area contributed by atoms with Gasteiger partial charge in [0, 0.05) is 24.1 Å². The third kappa shape index (κ3) is 3.41. The quantitative estimate of drug-likeness (QED) is 0.411. The van der Waals surface area contributed by atoms with Gasteiger partial charge in [-0.15, -0.1) is 0 Å². The number of benzene rings is 2. The molecule has 0 spiro atoms. The lowest BCUT2D eigenvalue weighted by Gasteiger charge is -2.15. The summed E-state index contributed by atoms with van der Waals surface area (Å²) < 4.78 is 30.0. The van der Waals surface area contributed by atoms with Gasteiger partial charge in [-0.25, -0.2) is 19.2 Å². The molecule has 144 valence electrons. The Morgan fingerprint density at radius 1 is 1.29 bits per heavy atom. The summed E-state index contributed by atoms with van der Waals surface area (Å²) in [6.45, 7) is 3.45. The number of hydroxylamine groups is 1. The van der Waals surface area contributed by atoms with E-state index in [1.54, 1.807) is 26.0 Å². The summed E-state index contributed by atoms with van der Waals surface area (Å²) in [4.78, 5) is 28.6. The van der Waals surface area contributed by atoms with Crippen LogP contribution in [0.2, 0.25) is 0 Å². The van der Waals surface area contributed by atoms with Gasteiger partial charge in [0.1, 0.15) is 17.5 Å². The molecular formula is C20H17F2N3O3. The van der Waals surface area contributed by atoms with E-state index in [2.05, 4.69) is 4.98 Å². The first-order valence-corrected chi connectivity index (χ1v) is 8.50. The van der Waals surface area contributed by atoms with Gasteiger partial charge in [0.05, 0.1) is 16.6 Å². The molecule has 0 aliphatic heterocycles. The summed E-state index contributed by atoms with van der Waals surface area (Å²) in [6.07, 6.45) is 2.36. The number of nitrogens with one attached hydrogen (secondary N) is 1. The number of hydrogen-bond donors (Lipinski definition) is 2. The van der Waals surface area contributed by atoms with Crippen LogP contribution >= 0.6 is 0 Å². The molecule has 0 aliphatic carbocycles. The van der Waals surface area contributed by atoms with Gasteiger partial charge in [0.2, 0.25) is 0 Å². The highest BCUT2D eigenvalue weighted by atomic mass is 19.1. The summed E-state index contributed by atoms with van der Waals surface area (Å²) in [5.74, 6) is -1.81. The zero-order chi connectivity index (χ0) is 20.4. The van der Waals surface area contributed by atoms with E-state index in [0.29, 0.717) is 17.8 Å². The van der Waals surface area contributed by atoms with Crippen LogP contribution in [0.25, 0.3) is 22.7 Å². The molecule has 1 heterocycles. The molecule has 0 saturated heterocycles. The number of para-hydroxylation sites is 1. The van der Waals surface area contributed by atoms with Crippen LogP contribution in [-0.2, 0) is 11.2 Å². The molecule has 0 fully saturated rings. The molecule has 0 radical (unpaired) electrons. The van der Waals surface area contributed by atoms with Crippen molar-refractivity contribution in [1.82, 2.24) is 15.0 Å². The normalized spacial score (nSPS) is 11.3. The molecule has 0 bridgehead atoms. The predicted octanol–water partition coefficient (Wildman–Crippen LogP) is 3.05. The number of aromatic nitrogens is 2. The Kier molecular flexibility index (Phi) is 5.32. The number of amides is 1. The molecule has 2 aromatic carbocycles. The summed E-state index contributed by atoms with van der Waals surface area (Å²) in [5.41, 5.74) is 1.59. The Morgan fingerprint density at radius 2 is 2.04 bits per heavy atom. The fraction of sp³-hybridized carbons (Fsp3) is 0.150. The number of hydrogen-bond acceptors (Lipinski definition) is 4. The molecule has 3 aromatic rings. The van der Waals surface area contributed by atoms with E-state index in [4.69, 9.17) is 5.21 Å². The summed E-state index contributed by atoms with van der Waals surface area (Å²) in [7, 11) is 0. The second-order valence-corrected chi connectivity index (χ2v) is 6.13. The first kappa shape index (κ1) is 19.4. The lowest BCUT2D eigenvalue weighted by Crippen LogP contribution is -2.25. The number of halogens is 2. The maximum atomic E-state index is 14.5. The lowest BCUT2D eigenvalue weighted by molar-refractivity contribution is -0.124. The third-order valence-electron chi connectivity index (χ3n) is 4.31. The van der Waals surface area contributed by atoms with Crippen molar-refractivity contribution in [2.75, 3.05) is 0 Å². The van der Waals surface area contributed by atoms with Crippen LogP contribution in [0.4, 0.5) is 8.78 Å². The van der Waals surface area contributed by atoms with Gasteiger partial charge in [-0.3, -0.25) is 19.4 Å². The third-order valence-corrected chi connectivity index (χ3v) is 4.31. The van der Waals surface area contributed by atoms with E-state index in [1.807, 2.05) is 0 Å². The van der Waals surface area contributed by atoms with Gasteiger partial charge < -0.3 is 0 Å². The number of carbonyl (C=O) groups excluding carboxylic acids is 1. The van der Waals surface area contributed by atoms with E-state index in [-0.39, 0.29) is 22.2 Å². The summed E-state index contributed by atoms with van der Waals surface area (Å²) in [6, 6.07) is 6.81. The van der Waals surface area contributed by atoms with Crippen molar-refractivity contribution in [3.05, 3.63) is 75.3 Å². The molecule has 0 atom stereocenters. The molecule has 1 aromatic heterocycles. The van der Waals surface area contributed by atoms with Crippen molar-refractivity contribution in [1.29, 1.82) is 0 Å². The number of nitrogens with zero attached hydrogens (tertiary/aromatic N) is 2. The minimum atomic E-state index is -0.849. The van der Waals surface area contributed by atoms with Crippen LogP contribution in [-0.4, -0.2) is 20.7 Å². The van der Waals surface area contributed by atoms with Gasteiger partial charge in [-0.05, 0) is 30.7 Å². The molecule has 28 heavy (non-hydrogen) atoms. The molecule has 2 N–H and O–H groups in total. The maximum absolute atomic E-state index is 14.5. The van der Waals surface area contributed by atoms with Gasteiger partial charge in [-0.2, -0.15) is 0 Å². The Morgan fingerprint density at radius 3 is 2.68 bits per heavy atom. The van der Waals surface area contributed by atoms with Crippen molar-refractivity contribution in [3.63, 3.8) is 0 Å². The van der Waals surface area contributed by atoms with Crippen LogP contribution in [0.3, 0.4) is 0 Å². The largest absolute Gasteiger partial charge is 0.288 e. The zero-order valence-electron chi connectivity index (χ0n) is 15.2.